The molecular weight excluding hydrogens is 1120 g/mol. The summed E-state index contributed by atoms with van der Waals surface area (Å²) < 4.78 is 0. The number of aromatic hydroxyl groups is 1. The van der Waals surface area contributed by atoms with Gasteiger partial charge in [0.05, 0.1) is 32.7 Å². The van der Waals surface area contributed by atoms with Crippen LogP contribution in [-0.4, -0.2) is 217 Å². The van der Waals surface area contributed by atoms with Crippen molar-refractivity contribution in [2.24, 2.45) is 16.5 Å². The van der Waals surface area contributed by atoms with E-state index in [2.05, 4.69) is 47.5 Å². The van der Waals surface area contributed by atoms with Gasteiger partial charge in [-0.15, -0.1) is 0 Å². The van der Waals surface area contributed by atoms with Gasteiger partial charge in [-0.3, -0.25) is 62.7 Å². The van der Waals surface area contributed by atoms with Crippen LogP contribution in [0.3, 0.4) is 0 Å². The Morgan fingerprint density at radius 1 is 0.628 bits per heavy atom. The zero-order chi connectivity index (χ0) is 62.5. The fourth-order valence-electron chi connectivity index (χ4n) is 9.34. The molecule has 16 N–H and O–H groups in total. The maximum Gasteiger partial charge on any atom is 0.317 e. The van der Waals surface area contributed by atoms with Crippen LogP contribution in [0, 0.1) is 0 Å². The Kier molecular flexibility index (Phi) is 27.6. The van der Waals surface area contributed by atoms with E-state index in [9.17, 15) is 58.2 Å². The van der Waals surface area contributed by atoms with Crippen molar-refractivity contribution in [3.05, 3.63) is 113 Å². The van der Waals surface area contributed by atoms with Crippen LogP contribution in [0.4, 0.5) is 0 Å². The summed E-state index contributed by atoms with van der Waals surface area (Å²) in [5.41, 5.74) is 13.3. The molecule has 4 aromatic carbocycles. The minimum Gasteiger partial charge on any atom is -0.508 e. The predicted molar refractivity (Wildman–Crippen MR) is 316 cm³/mol. The Balaban J connectivity index is 1.28. The number of fused-ring (bicyclic) bond motifs is 1. The summed E-state index contributed by atoms with van der Waals surface area (Å²) in [6.45, 7) is -0.175. The quantitative estimate of drug-likeness (QED) is 0.0138. The summed E-state index contributed by atoms with van der Waals surface area (Å²) in [6, 6.07) is 20.4. The van der Waals surface area contributed by atoms with E-state index in [1.54, 1.807) is 46.2 Å². The van der Waals surface area contributed by atoms with Crippen LogP contribution in [0.25, 0.3) is 10.8 Å². The molecule has 0 spiro atoms. The molecule has 0 aromatic heterocycles. The average Bonchev–Trinajstić information content (AvgIpc) is 3.35. The number of phenols is 1. The van der Waals surface area contributed by atoms with E-state index >= 15 is 0 Å². The lowest BCUT2D eigenvalue weighted by Crippen LogP contribution is -2.58. The molecular formula is C58H78N14O14. The molecule has 4 aromatic rings. The summed E-state index contributed by atoms with van der Waals surface area (Å²) in [6.07, 6.45) is 0.198. The molecule has 4 atom stereocenters. The van der Waals surface area contributed by atoms with Crippen LogP contribution < -0.4 is 54.0 Å². The molecule has 1 heterocycles. The number of likely N-dealkylation sites (N-methyl/N-ethyl adjacent to an activating group) is 1. The molecule has 464 valence electrons. The zero-order valence-corrected chi connectivity index (χ0v) is 47.9. The third-order valence-electron chi connectivity index (χ3n) is 13.9. The Hall–Kier alpha value is -9.25. The molecule has 1 aliphatic rings. The van der Waals surface area contributed by atoms with Gasteiger partial charge in [0.25, 0.3) is 5.91 Å². The number of aliphatic carboxylic acids is 3. The molecule has 28 heteroatoms. The largest absolute Gasteiger partial charge is 0.508 e. The summed E-state index contributed by atoms with van der Waals surface area (Å²) in [4.78, 5) is 140. The van der Waals surface area contributed by atoms with Crippen molar-refractivity contribution in [2.75, 3.05) is 92.1 Å². The van der Waals surface area contributed by atoms with Gasteiger partial charge in [0.1, 0.15) is 29.9 Å². The first kappa shape index (κ1) is 67.5. The third-order valence-corrected chi connectivity index (χ3v) is 13.9. The molecule has 0 radical (unpaired) electrons. The van der Waals surface area contributed by atoms with E-state index in [1.165, 1.54) is 19.2 Å². The van der Waals surface area contributed by atoms with E-state index in [0.717, 1.165) is 15.7 Å². The summed E-state index contributed by atoms with van der Waals surface area (Å²) >= 11 is 0. The van der Waals surface area contributed by atoms with Crippen molar-refractivity contribution in [2.45, 2.75) is 69.2 Å². The van der Waals surface area contributed by atoms with E-state index < -0.39 is 90.0 Å². The van der Waals surface area contributed by atoms with Crippen molar-refractivity contribution in [3.8, 4) is 5.75 Å². The molecule has 0 bridgehead atoms. The van der Waals surface area contributed by atoms with Crippen LogP contribution in [0.1, 0.15) is 52.7 Å². The summed E-state index contributed by atoms with van der Waals surface area (Å²) in [5, 5.41) is 61.2. The number of carbonyl (C=O) groups is 10. The maximum atomic E-state index is 14.7. The van der Waals surface area contributed by atoms with Crippen molar-refractivity contribution in [1.29, 1.82) is 0 Å². The summed E-state index contributed by atoms with van der Waals surface area (Å²) in [5.74, 6) is -7.94. The highest BCUT2D eigenvalue weighted by Crippen LogP contribution is 2.19. The minimum atomic E-state index is -1.29. The molecule has 28 nitrogen and oxygen atoms in total. The van der Waals surface area contributed by atoms with Crippen molar-refractivity contribution < 1.29 is 68.4 Å². The van der Waals surface area contributed by atoms with Crippen molar-refractivity contribution >= 4 is 76.0 Å². The second-order valence-electron chi connectivity index (χ2n) is 20.6. The topological polar surface area (TPSA) is 422 Å². The van der Waals surface area contributed by atoms with Gasteiger partial charge in [-0.05, 0) is 77.4 Å². The smallest absolute Gasteiger partial charge is 0.317 e. The number of nitrogens with one attached hydrogen (secondary N) is 8. The van der Waals surface area contributed by atoms with Gasteiger partial charge < -0.3 is 79.3 Å². The number of nitrogens with two attached hydrogens (primary N) is 2. The molecule has 5 rings (SSSR count). The first-order valence-corrected chi connectivity index (χ1v) is 28.0. The lowest BCUT2D eigenvalue weighted by atomic mass is 10.00. The lowest BCUT2D eigenvalue weighted by Gasteiger charge is -2.32. The SMILES string of the molecule is CN1C(=O)[C@@H](Cc2ccc(O)cc2)NC(=O)CNC(=O)C(Cc2ccc3ccccc3c2)NC(=O)[C@H](CCCN=C(N)N)NC(=O)[C@H]1CCCNC(=O)c1ccc(CNC(=O)CN(CCNCC(=O)O)CCN(CCNCC(=O)O)CC(=O)O)cc1. The van der Waals surface area contributed by atoms with Gasteiger partial charge in [0, 0.05) is 84.4 Å². The van der Waals surface area contributed by atoms with Crippen LogP contribution in [0.5, 0.6) is 5.75 Å². The number of amides is 7. The number of carboxylic acids is 3. The molecule has 1 unspecified atom stereocenters. The normalized spacial score (nSPS) is 16.9. The van der Waals surface area contributed by atoms with E-state index in [-0.39, 0.29) is 141 Å². The number of guanidine groups is 1. The predicted octanol–water partition coefficient (Wildman–Crippen LogP) is -2.34. The molecule has 86 heavy (non-hydrogen) atoms. The van der Waals surface area contributed by atoms with E-state index in [4.69, 9.17) is 21.7 Å². The highest BCUT2D eigenvalue weighted by atomic mass is 16.4. The summed E-state index contributed by atoms with van der Waals surface area (Å²) in [7, 11) is 1.38. The number of aliphatic imine (C=N–C) groups is 1. The number of hydrogen-bond acceptors (Lipinski definition) is 16. The third kappa shape index (κ3) is 24.2. The monoisotopic (exact) mass is 1190 g/mol. The molecule has 0 saturated carbocycles. The van der Waals surface area contributed by atoms with Gasteiger partial charge in [0.2, 0.25) is 35.4 Å². The lowest BCUT2D eigenvalue weighted by molar-refractivity contribution is -0.142. The van der Waals surface area contributed by atoms with Crippen molar-refractivity contribution in [3.63, 3.8) is 0 Å². The maximum absolute atomic E-state index is 14.7. The van der Waals surface area contributed by atoms with Gasteiger partial charge in [-0.1, -0.05) is 66.7 Å². The van der Waals surface area contributed by atoms with E-state index in [1.807, 2.05) is 42.5 Å². The van der Waals surface area contributed by atoms with Crippen LogP contribution in [0.2, 0.25) is 0 Å². The number of carbonyl (C=O) groups excluding carboxylic acids is 7. The average molecular weight is 1200 g/mol. The number of carboxylic acid groups (broad SMARTS) is 3. The second kappa shape index (κ2) is 35.1. The Morgan fingerprint density at radius 3 is 1.87 bits per heavy atom. The fraction of sp³-hybridized carbons (Fsp3) is 0.431. The number of hydrogen-bond donors (Lipinski definition) is 14. The number of nitrogens with zero attached hydrogens (tertiary/aromatic N) is 4. The Labute approximate surface area is 496 Å². The van der Waals surface area contributed by atoms with Crippen molar-refractivity contribution in [1.82, 2.24) is 57.2 Å². The van der Waals surface area contributed by atoms with Crippen LogP contribution >= 0.6 is 0 Å². The molecule has 1 fully saturated rings. The Morgan fingerprint density at radius 2 is 1.23 bits per heavy atom. The van der Waals surface area contributed by atoms with Crippen LogP contribution in [-0.2, 0) is 62.5 Å². The number of phenolic OH excluding ortho intramolecular Hbond substituents is 1. The minimum absolute atomic E-state index is 0.000499. The number of benzene rings is 4. The Bertz CT molecular complexity index is 3000. The van der Waals surface area contributed by atoms with Gasteiger partial charge in [-0.25, -0.2) is 0 Å². The fourth-order valence-corrected chi connectivity index (χ4v) is 9.34. The van der Waals surface area contributed by atoms with Gasteiger partial charge in [0.15, 0.2) is 5.96 Å². The standard InChI is InChI=1S/C58H78N14O14/c1-70-47(9-5-20-63-53(82)41-16-10-38(11-17-41)31-65-49(75)35-71(24-22-61-33-50(76)77)26-27-72(36-52(80)81)25-23-62-34-51(78)79)56(85)68-44(8-4-21-64-58(59)60)55(84)69-45(30-39-12-15-40-6-2-3-7-42(40)28-39)54(83)66-32-48(74)67-46(57(70)86)29-37-13-18-43(73)19-14-37/h2-3,6-7,10-19,28,44-47,61-62,73H,4-5,8-9,20-27,29-36H2,1H3,(H,63,82)(H,65,75)(H,66,83)(H,67,74)(H,68,85)(H,69,84)(H,76,77)(H,78,79)(H,80,81)(H4,59,60,64)/t44-,45?,46+,47+/m0/s1. The molecule has 1 aliphatic heterocycles. The zero-order valence-electron chi connectivity index (χ0n) is 47.9. The first-order chi connectivity index (χ1) is 41.1. The highest BCUT2D eigenvalue weighted by molar-refractivity contribution is 5.98. The number of rotatable bonds is 32. The molecule has 7 amide bonds. The second-order valence-corrected chi connectivity index (χ2v) is 20.6. The van der Waals surface area contributed by atoms with E-state index in [0.29, 0.717) is 16.7 Å². The van der Waals surface area contributed by atoms with Crippen LogP contribution in [0.15, 0.2) is 96.0 Å². The molecule has 0 aliphatic carbocycles. The van der Waals surface area contributed by atoms with Gasteiger partial charge in [-0.2, -0.15) is 0 Å². The first-order valence-electron chi connectivity index (χ1n) is 28.0. The molecule has 1 saturated heterocycles. The highest BCUT2D eigenvalue weighted by Gasteiger charge is 2.36. The van der Waals surface area contributed by atoms with Gasteiger partial charge >= 0.3 is 17.9 Å².